The van der Waals surface area contributed by atoms with Gasteiger partial charge in [-0.1, -0.05) is 0 Å². The summed E-state index contributed by atoms with van der Waals surface area (Å²) in [5, 5.41) is 9.58. The highest BCUT2D eigenvalue weighted by atomic mass is 127. The Labute approximate surface area is 113 Å². The highest BCUT2D eigenvalue weighted by Crippen LogP contribution is 2.24. The maximum atomic E-state index is 9.58. The molecule has 1 aliphatic rings. The molecule has 0 unspecified atom stereocenters. The highest BCUT2D eigenvalue weighted by Gasteiger charge is 2.26. The normalized spacial score (nSPS) is 23.7. The summed E-state index contributed by atoms with van der Waals surface area (Å²) in [6, 6.07) is 1.79. The molecule has 2 heterocycles. The number of aliphatic hydroxyl groups excluding tert-OH is 1. The second-order valence-corrected chi connectivity index (χ2v) is 4.90. The first-order valence-electron chi connectivity index (χ1n) is 5.32. The first kappa shape index (κ1) is 12.8. The smallest absolute Gasteiger partial charge is 0.214 e. The minimum atomic E-state index is -0.432. The average molecular weight is 351 g/mol. The van der Waals surface area contributed by atoms with Gasteiger partial charge in [0.25, 0.3) is 0 Å². The lowest BCUT2D eigenvalue weighted by Crippen LogP contribution is -2.28. The molecule has 0 amide bonds. The Morgan fingerprint density at radius 2 is 2.47 bits per heavy atom. The first-order chi connectivity index (χ1) is 8.20. The van der Waals surface area contributed by atoms with Gasteiger partial charge in [-0.15, -0.1) is 0 Å². The topological polar surface area (TPSA) is 60.8 Å². The second-order valence-electron chi connectivity index (χ2n) is 3.73. The number of ether oxygens (including phenoxy) is 3. The number of aromatic nitrogens is 1. The molecule has 2 atom stereocenters. The predicted molar refractivity (Wildman–Crippen MR) is 69.4 cm³/mol. The molecule has 1 N–H and O–H groups in total. The van der Waals surface area contributed by atoms with Crippen molar-refractivity contribution in [1.29, 1.82) is 0 Å². The molecule has 1 aliphatic heterocycles. The Morgan fingerprint density at radius 1 is 1.65 bits per heavy atom. The Kier molecular flexibility index (Phi) is 4.41. The maximum Gasteiger partial charge on any atom is 0.214 e. The summed E-state index contributed by atoms with van der Waals surface area (Å²) >= 11 is 2.15. The monoisotopic (exact) mass is 351 g/mol. The zero-order valence-corrected chi connectivity index (χ0v) is 11.6. The predicted octanol–water partition coefficient (Wildman–Crippen LogP) is 1.22. The van der Waals surface area contributed by atoms with E-state index in [1.54, 1.807) is 19.4 Å². The summed E-state index contributed by atoms with van der Waals surface area (Å²) < 4.78 is 16.9. The van der Waals surface area contributed by atoms with Crippen LogP contribution in [0.2, 0.25) is 0 Å². The third-order valence-corrected chi connectivity index (χ3v) is 3.42. The third kappa shape index (κ3) is 3.20. The van der Waals surface area contributed by atoms with E-state index in [9.17, 15) is 5.11 Å². The molecule has 1 aromatic heterocycles. The van der Waals surface area contributed by atoms with Crippen LogP contribution in [0.1, 0.15) is 6.42 Å². The molecule has 5 nitrogen and oxygen atoms in total. The molecule has 0 saturated carbocycles. The van der Waals surface area contributed by atoms with Gasteiger partial charge in [-0.05, 0) is 29.0 Å². The van der Waals surface area contributed by atoms with E-state index in [1.165, 1.54) is 0 Å². The van der Waals surface area contributed by atoms with E-state index < -0.39 is 6.10 Å². The van der Waals surface area contributed by atoms with Crippen LogP contribution in [0.25, 0.3) is 0 Å². The zero-order valence-electron chi connectivity index (χ0n) is 9.43. The van der Waals surface area contributed by atoms with Crippen molar-refractivity contribution in [2.24, 2.45) is 0 Å². The largest absolute Gasteiger partial charge is 0.488 e. The summed E-state index contributed by atoms with van der Waals surface area (Å²) in [5.74, 6) is 1.23. The molecule has 6 heteroatoms. The molecular formula is C11H14INO4. The average Bonchev–Trinajstić information content (AvgIpc) is 2.73. The molecule has 1 aromatic rings. The van der Waals surface area contributed by atoms with Crippen molar-refractivity contribution in [3.8, 4) is 11.6 Å². The molecule has 0 spiro atoms. The van der Waals surface area contributed by atoms with Crippen molar-refractivity contribution in [3.63, 3.8) is 0 Å². The van der Waals surface area contributed by atoms with Gasteiger partial charge in [-0.2, -0.15) is 0 Å². The minimum Gasteiger partial charge on any atom is -0.488 e. The number of hydrogen-bond donors (Lipinski definition) is 1. The molecule has 1 saturated heterocycles. The lowest BCUT2D eigenvalue weighted by atomic mass is 10.2. The lowest BCUT2D eigenvalue weighted by molar-refractivity contribution is 0.0106. The first-order valence-corrected chi connectivity index (χ1v) is 6.40. The van der Waals surface area contributed by atoms with Crippen molar-refractivity contribution < 1.29 is 19.3 Å². The van der Waals surface area contributed by atoms with E-state index >= 15 is 0 Å². The Morgan fingerprint density at radius 3 is 3.06 bits per heavy atom. The molecule has 94 valence electrons. The Balaban J connectivity index is 1.94. The summed E-state index contributed by atoms with van der Waals surface area (Å²) in [6.07, 6.45) is 1.61. The van der Waals surface area contributed by atoms with Crippen LogP contribution in [-0.2, 0) is 4.74 Å². The molecule has 2 rings (SSSR count). The fraction of sp³-hybridized carbons (Fsp3) is 0.545. The van der Waals surface area contributed by atoms with Gasteiger partial charge in [0.2, 0.25) is 5.88 Å². The summed E-state index contributed by atoms with van der Waals surface area (Å²) in [5.41, 5.74) is 0. The van der Waals surface area contributed by atoms with Gasteiger partial charge < -0.3 is 19.3 Å². The molecule has 17 heavy (non-hydrogen) atoms. The quantitative estimate of drug-likeness (QED) is 0.827. The van der Waals surface area contributed by atoms with E-state index in [2.05, 4.69) is 27.6 Å². The maximum absolute atomic E-state index is 9.58. The van der Waals surface area contributed by atoms with Gasteiger partial charge in [0.05, 0.1) is 23.0 Å². The van der Waals surface area contributed by atoms with Gasteiger partial charge >= 0.3 is 0 Å². The van der Waals surface area contributed by atoms with Crippen LogP contribution in [-0.4, -0.2) is 42.6 Å². The summed E-state index contributed by atoms with van der Waals surface area (Å²) in [4.78, 5) is 4.07. The number of pyridine rings is 1. The van der Waals surface area contributed by atoms with Crippen molar-refractivity contribution >= 4 is 22.6 Å². The van der Waals surface area contributed by atoms with E-state index in [4.69, 9.17) is 14.2 Å². The van der Waals surface area contributed by atoms with Crippen molar-refractivity contribution in [2.75, 3.05) is 20.3 Å². The zero-order chi connectivity index (χ0) is 12.3. The molecule has 0 aromatic carbocycles. The van der Waals surface area contributed by atoms with E-state index in [-0.39, 0.29) is 6.10 Å². The summed E-state index contributed by atoms with van der Waals surface area (Å²) in [6.45, 7) is 0.929. The summed E-state index contributed by atoms with van der Waals surface area (Å²) in [7, 11) is 1.57. The van der Waals surface area contributed by atoms with Crippen LogP contribution < -0.4 is 9.47 Å². The molecular weight excluding hydrogens is 337 g/mol. The fourth-order valence-corrected chi connectivity index (χ4v) is 2.15. The van der Waals surface area contributed by atoms with E-state index in [1.807, 2.05) is 0 Å². The Bertz CT molecular complexity index is 388. The van der Waals surface area contributed by atoms with Crippen LogP contribution in [0.5, 0.6) is 11.6 Å². The van der Waals surface area contributed by atoms with Crippen molar-refractivity contribution in [2.45, 2.75) is 18.6 Å². The van der Waals surface area contributed by atoms with Crippen LogP contribution in [0.4, 0.5) is 0 Å². The number of hydrogen-bond acceptors (Lipinski definition) is 5. The van der Waals surface area contributed by atoms with Gasteiger partial charge in [-0.3, -0.25) is 0 Å². The van der Waals surface area contributed by atoms with Crippen LogP contribution in [0, 0.1) is 3.57 Å². The number of methoxy groups -OCH3 is 1. The third-order valence-electron chi connectivity index (χ3n) is 2.58. The Hall–Kier alpha value is -0.600. The number of halogens is 1. The van der Waals surface area contributed by atoms with Gasteiger partial charge in [0.15, 0.2) is 5.75 Å². The van der Waals surface area contributed by atoms with Crippen molar-refractivity contribution in [3.05, 3.63) is 15.8 Å². The van der Waals surface area contributed by atoms with Crippen LogP contribution in [0.3, 0.4) is 0 Å². The van der Waals surface area contributed by atoms with Crippen LogP contribution >= 0.6 is 22.6 Å². The fourth-order valence-electron chi connectivity index (χ4n) is 1.59. The molecule has 0 radical (unpaired) electrons. The SMILES string of the molecule is COc1cc(I)c(OC[C@H]2OCC[C@@H]2O)cn1. The van der Waals surface area contributed by atoms with E-state index in [0.29, 0.717) is 31.3 Å². The van der Waals surface area contributed by atoms with Crippen LogP contribution in [0.15, 0.2) is 12.3 Å². The highest BCUT2D eigenvalue weighted by molar-refractivity contribution is 14.1. The molecule has 0 aliphatic carbocycles. The number of aliphatic hydroxyl groups is 1. The van der Waals surface area contributed by atoms with Gasteiger partial charge in [0, 0.05) is 12.7 Å². The van der Waals surface area contributed by atoms with E-state index in [0.717, 1.165) is 3.57 Å². The molecule has 1 fully saturated rings. The second kappa shape index (κ2) is 5.83. The number of nitrogens with zero attached hydrogens (tertiary/aromatic N) is 1. The molecule has 0 bridgehead atoms. The van der Waals surface area contributed by atoms with Gasteiger partial charge in [0.1, 0.15) is 12.7 Å². The van der Waals surface area contributed by atoms with Crippen molar-refractivity contribution in [1.82, 2.24) is 4.98 Å². The minimum absolute atomic E-state index is 0.243. The standard InChI is InChI=1S/C11H14INO4/c1-15-11-4-7(12)9(5-13-11)17-6-10-8(14)2-3-16-10/h4-5,8,10,14H,2-3,6H2,1H3/t8-,10+/m0/s1. The lowest BCUT2D eigenvalue weighted by Gasteiger charge is -2.15. The number of rotatable bonds is 4. The van der Waals surface area contributed by atoms with Gasteiger partial charge in [-0.25, -0.2) is 4.98 Å².